The zero-order chi connectivity index (χ0) is 18.9. The fourth-order valence-corrected chi connectivity index (χ4v) is 1.93. The van der Waals surface area contributed by atoms with Crippen LogP contribution in [0.2, 0.25) is 5.02 Å². The van der Waals surface area contributed by atoms with Gasteiger partial charge in [0.15, 0.2) is 0 Å². The first kappa shape index (κ1) is 20.8. The Morgan fingerprint density at radius 3 is 2.64 bits per heavy atom. The second kappa shape index (κ2) is 9.88. The Balaban J connectivity index is 2.45. The van der Waals surface area contributed by atoms with Crippen molar-refractivity contribution in [3.05, 3.63) is 28.9 Å². The summed E-state index contributed by atoms with van der Waals surface area (Å²) in [5.74, 6) is 0.0648. The second-order valence-electron chi connectivity index (χ2n) is 6.04. The Labute approximate surface area is 152 Å². The molecule has 0 aromatic carbocycles. The number of hydrogen-bond donors (Lipinski definition) is 2. The molecule has 0 atom stereocenters. The van der Waals surface area contributed by atoms with Gasteiger partial charge in [-0.1, -0.05) is 11.6 Å². The lowest BCUT2D eigenvalue weighted by atomic mass is 10.2. The molecule has 8 heteroatoms. The summed E-state index contributed by atoms with van der Waals surface area (Å²) in [7, 11) is 0. The molecule has 138 valence electrons. The highest BCUT2D eigenvalue weighted by molar-refractivity contribution is 6.33. The molecule has 0 saturated heterocycles. The van der Waals surface area contributed by atoms with E-state index in [0.29, 0.717) is 36.1 Å². The number of esters is 1. The lowest BCUT2D eigenvalue weighted by molar-refractivity contribution is -0.137. The molecule has 0 bridgehead atoms. The molecule has 0 spiro atoms. The van der Waals surface area contributed by atoms with Crippen molar-refractivity contribution in [3.63, 3.8) is 0 Å². The van der Waals surface area contributed by atoms with E-state index in [1.165, 1.54) is 6.08 Å². The van der Waals surface area contributed by atoms with Gasteiger partial charge in [0.1, 0.15) is 11.4 Å². The first-order chi connectivity index (χ1) is 11.7. The Bertz CT molecular complexity index is 627. The number of halogens is 1. The van der Waals surface area contributed by atoms with Gasteiger partial charge in [-0.05, 0) is 45.4 Å². The predicted molar refractivity (Wildman–Crippen MR) is 97.6 cm³/mol. The normalized spacial score (nSPS) is 11.2. The Hall–Kier alpha value is -2.28. The number of hydrogen-bond acceptors (Lipinski definition) is 6. The number of anilines is 1. The van der Waals surface area contributed by atoms with Crippen LogP contribution in [0.3, 0.4) is 0 Å². The van der Waals surface area contributed by atoms with Gasteiger partial charge in [0.05, 0.1) is 11.6 Å². The first-order valence-electron chi connectivity index (χ1n) is 7.92. The Kier molecular flexibility index (Phi) is 8.21. The van der Waals surface area contributed by atoms with Crippen LogP contribution >= 0.6 is 11.6 Å². The molecule has 0 aliphatic rings. The standard InChI is InChI=1S/C17H24ClN3O4/c1-5-24-14(22)7-6-12-10-13(18)15(21-11-12)19-8-9-20-16(23)25-17(2,3)4/h6-7,10-11H,5,8-9H2,1-4H3,(H,19,21)(H,20,23). The van der Waals surface area contributed by atoms with E-state index in [4.69, 9.17) is 21.1 Å². The third-order valence-corrected chi connectivity index (χ3v) is 2.93. The molecule has 7 nitrogen and oxygen atoms in total. The fraction of sp³-hybridized carbons (Fsp3) is 0.471. The average molecular weight is 370 g/mol. The van der Waals surface area contributed by atoms with Gasteiger partial charge >= 0.3 is 12.1 Å². The minimum absolute atomic E-state index is 0.322. The zero-order valence-electron chi connectivity index (χ0n) is 14.9. The van der Waals surface area contributed by atoms with E-state index in [9.17, 15) is 9.59 Å². The molecule has 2 N–H and O–H groups in total. The summed E-state index contributed by atoms with van der Waals surface area (Å²) in [6.07, 6.45) is 3.98. The number of ether oxygens (including phenoxy) is 2. The molecule has 0 fully saturated rings. The molecule has 25 heavy (non-hydrogen) atoms. The summed E-state index contributed by atoms with van der Waals surface area (Å²) >= 11 is 6.15. The SMILES string of the molecule is CCOC(=O)C=Cc1cnc(NCCNC(=O)OC(C)(C)C)c(Cl)c1. The molecule has 1 amide bonds. The third-order valence-electron chi connectivity index (χ3n) is 2.65. The van der Waals surface area contributed by atoms with Gasteiger partial charge in [-0.25, -0.2) is 14.6 Å². The van der Waals surface area contributed by atoms with Gasteiger partial charge in [0.25, 0.3) is 0 Å². The van der Waals surface area contributed by atoms with E-state index in [1.807, 2.05) is 0 Å². The molecule has 0 saturated carbocycles. The number of nitrogens with one attached hydrogen (secondary N) is 2. The number of carbonyl (C=O) groups excluding carboxylic acids is 2. The van der Waals surface area contributed by atoms with Crippen LogP contribution < -0.4 is 10.6 Å². The van der Waals surface area contributed by atoms with Gasteiger partial charge in [0, 0.05) is 25.4 Å². The van der Waals surface area contributed by atoms with Crippen LogP contribution in [-0.4, -0.2) is 42.3 Å². The topological polar surface area (TPSA) is 89.5 Å². The number of aromatic nitrogens is 1. The molecule has 0 unspecified atom stereocenters. The Morgan fingerprint density at radius 2 is 2.04 bits per heavy atom. The largest absolute Gasteiger partial charge is 0.463 e. The summed E-state index contributed by atoms with van der Waals surface area (Å²) in [4.78, 5) is 27.0. The predicted octanol–water partition coefficient (Wildman–Crippen LogP) is 3.25. The molecule has 0 aliphatic carbocycles. The van der Waals surface area contributed by atoms with E-state index in [0.717, 1.165) is 0 Å². The summed E-state index contributed by atoms with van der Waals surface area (Å²) in [5.41, 5.74) is 0.144. The van der Waals surface area contributed by atoms with Gasteiger partial charge in [-0.15, -0.1) is 0 Å². The maximum absolute atomic E-state index is 11.5. The van der Waals surface area contributed by atoms with E-state index < -0.39 is 17.7 Å². The van der Waals surface area contributed by atoms with Crippen molar-refractivity contribution < 1.29 is 19.1 Å². The first-order valence-corrected chi connectivity index (χ1v) is 8.30. The minimum Gasteiger partial charge on any atom is -0.463 e. The highest BCUT2D eigenvalue weighted by atomic mass is 35.5. The summed E-state index contributed by atoms with van der Waals surface area (Å²) < 4.78 is 9.92. The molecular weight excluding hydrogens is 346 g/mol. The van der Waals surface area contributed by atoms with Gasteiger partial charge in [-0.2, -0.15) is 0 Å². The number of pyridine rings is 1. The second-order valence-corrected chi connectivity index (χ2v) is 6.45. The summed E-state index contributed by atoms with van der Waals surface area (Å²) in [6.45, 7) is 8.25. The van der Waals surface area contributed by atoms with Gasteiger partial charge in [-0.3, -0.25) is 0 Å². The molecule has 0 radical (unpaired) electrons. The summed E-state index contributed by atoms with van der Waals surface area (Å²) in [6, 6.07) is 1.67. The third kappa shape index (κ3) is 8.95. The minimum atomic E-state index is -0.532. The lowest BCUT2D eigenvalue weighted by Gasteiger charge is -2.19. The quantitative estimate of drug-likeness (QED) is 0.435. The van der Waals surface area contributed by atoms with Crippen molar-refractivity contribution in [2.24, 2.45) is 0 Å². The smallest absolute Gasteiger partial charge is 0.407 e. The molecule has 0 aliphatic heterocycles. The molecule has 1 heterocycles. The summed E-state index contributed by atoms with van der Waals surface area (Å²) in [5, 5.41) is 6.05. The highest BCUT2D eigenvalue weighted by Gasteiger charge is 2.15. The maximum Gasteiger partial charge on any atom is 0.407 e. The van der Waals surface area contributed by atoms with E-state index in [2.05, 4.69) is 15.6 Å². The maximum atomic E-state index is 11.5. The fourth-order valence-electron chi connectivity index (χ4n) is 1.69. The van der Waals surface area contributed by atoms with Crippen LogP contribution in [0.15, 0.2) is 18.3 Å². The van der Waals surface area contributed by atoms with Crippen molar-refractivity contribution in [1.82, 2.24) is 10.3 Å². The number of amides is 1. The number of rotatable bonds is 7. The van der Waals surface area contributed by atoms with Crippen LogP contribution in [0.4, 0.5) is 10.6 Å². The molecular formula is C17H24ClN3O4. The highest BCUT2D eigenvalue weighted by Crippen LogP contribution is 2.20. The van der Waals surface area contributed by atoms with E-state index in [-0.39, 0.29) is 0 Å². The molecule has 1 aromatic rings. The van der Waals surface area contributed by atoms with Crippen molar-refractivity contribution in [2.75, 3.05) is 25.0 Å². The van der Waals surface area contributed by atoms with Gasteiger partial charge in [0.2, 0.25) is 0 Å². The molecule has 1 aromatic heterocycles. The monoisotopic (exact) mass is 369 g/mol. The van der Waals surface area contributed by atoms with Crippen LogP contribution in [-0.2, 0) is 14.3 Å². The van der Waals surface area contributed by atoms with Crippen molar-refractivity contribution >= 4 is 35.6 Å². The number of alkyl carbamates (subject to hydrolysis) is 1. The van der Waals surface area contributed by atoms with E-state index >= 15 is 0 Å². The van der Waals surface area contributed by atoms with Crippen molar-refractivity contribution in [2.45, 2.75) is 33.3 Å². The van der Waals surface area contributed by atoms with Crippen LogP contribution in [0.25, 0.3) is 6.08 Å². The molecule has 1 rings (SSSR count). The number of carbonyl (C=O) groups is 2. The van der Waals surface area contributed by atoms with Crippen molar-refractivity contribution in [3.8, 4) is 0 Å². The zero-order valence-corrected chi connectivity index (χ0v) is 15.6. The lowest BCUT2D eigenvalue weighted by Crippen LogP contribution is -2.35. The Morgan fingerprint density at radius 1 is 1.32 bits per heavy atom. The van der Waals surface area contributed by atoms with Crippen molar-refractivity contribution in [1.29, 1.82) is 0 Å². The van der Waals surface area contributed by atoms with E-state index in [1.54, 1.807) is 46.0 Å². The van der Waals surface area contributed by atoms with Crippen LogP contribution in [0.5, 0.6) is 0 Å². The van der Waals surface area contributed by atoms with Crippen LogP contribution in [0, 0.1) is 0 Å². The van der Waals surface area contributed by atoms with Crippen LogP contribution in [0.1, 0.15) is 33.3 Å². The average Bonchev–Trinajstić information content (AvgIpc) is 2.49. The number of nitrogens with zero attached hydrogens (tertiary/aromatic N) is 1. The van der Waals surface area contributed by atoms with Gasteiger partial charge < -0.3 is 20.1 Å².